The van der Waals surface area contributed by atoms with Crippen LogP contribution in [-0.2, 0) is 4.79 Å². The van der Waals surface area contributed by atoms with Crippen molar-refractivity contribution < 1.29 is 4.79 Å². The third-order valence-corrected chi connectivity index (χ3v) is 3.75. The number of nitrogens with zero attached hydrogens (tertiary/aromatic N) is 2. The summed E-state index contributed by atoms with van der Waals surface area (Å²) in [5, 5.41) is 0.656. The molecule has 4 nitrogen and oxygen atoms in total. The first kappa shape index (κ1) is 14.1. The molecule has 0 unspecified atom stereocenters. The second kappa shape index (κ2) is 5.75. The third-order valence-electron chi connectivity index (χ3n) is 3.29. The zero-order chi connectivity index (χ0) is 14.0. The molecule has 2 N–H and O–H groups in total. The average molecular weight is 298 g/mol. The fraction of sp³-hybridized carbons (Fsp3) is 0.385. The van der Waals surface area contributed by atoms with Crippen LogP contribution in [0.3, 0.4) is 0 Å². The molecule has 0 aromatic heterocycles. The lowest BCUT2D eigenvalue weighted by Crippen LogP contribution is -2.48. The van der Waals surface area contributed by atoms with Gasteiger partial charge < -0.3 is 15.5 Å². The van der Waals surface area contributed by atoms with E-state index in [0.717, 1.165) is 24.3 Å². The smallest absolute Gasteiger partial charge is 0.219 e. The molecule has 19 heavy (non-hydrogen) atoms. The topological polar surface area (TPSA) is 49.6 Å². The van der Waals surface area contributed by atoms with Crippen LogP contribution in [0.1, 0.15) is 12.5 Å². The predicted octanol–water partition coefficient (Wildman–Crippen LogP) is 1.64. The molecule has 0 atom stereocenters. The summed E-state index contributed by atoms with van der Waals surface area (Å²) in [6, 6.07) is 5.50. The summed E-state index contributed by atoms with van der Waals surface area (Å²) >= 11 is 11.1. The minimum absolute atomic E-state index is 0.111. The van der Waals surface area contributed by atoms with Gasteiger partial charge in [0, 0.05) is 49.4 Å². The average Bonchev–Trinajstić information content (AvgIpc) is 2.38. The van der Waals surface area contributed by atoms with Crippen LogP contribution < -0.4 is 10.6 Å². The van der Waals surface area contributed by atoms with Crippen molar-refractivity contribution in [3.63, 3.8) is 0 Å². The summed E-state index contributed by atoms with van der Waals surface area (Å²) in [5.74, 6) is 0.111. The Balaban J connectivity index is 2.21. The van der Waals surface area contributed by atoms with Crippen molar-refractivity contribution >= 4 is 40.4 Å². The number of thiocarbonyl (C=S) groups is 1. The largest absolute Gasteiger partial charge is 0.389 e. The Labute approximate surface area is 123 Å². The number of hydrogen-bond acceptors (Lipinski definition) is 3. The number of piperazine rings is 1. The van der Waals surface area contributed by atoms with Gasteiger partial charge in [0.15, 0.2) is 0 Å². The van der Waals surface area contributed by atoms with Crippen LogP contribution in [0.4, 0.5) is 5.69 Å². The number of carbonyl (C=O) groups excluding carboxylic acids is 1. The highest BCUT2D eigenvalue weighted by atomic mass is 35.5. The van der Waals surface area contributed by atoms with Gasteiger partial charge in [0.1, 0.15) is 4.99 Å². The number of anilines is 1. The minimum atomic E-state index is 0.111. The van der Waals surface area contributed by atoms with Crippen LogP contribution in [0.15, 0.2) is 18.2 Å². The van der Waals surface area contributed by atoms with Gasteiger partial charge in [0.2, 0.25) is 5.91 Å². The van der Waals surface area contributed by atoms with Gasteiger partial charge in [-0.3, -0.25) is 4.79 Å². The van der Waals surface area contributed by atoms with E-state index in [4.69, 9.17) is 29.6 Å². The Morgan fingerprint density at radius 1 is 1.32 bits per heavy atom. The highest BCUT2D eigenvalue weighted by Crippen LogP contribution is 2.26. The lowest BCUT2D eigenvalue weighted by atomic mass is 10.1. The Bertz CT molecular complexity index is 513. The van der Waals surface area contributed by atoms with Gasteiger partial charge >= 0.3 is 0 Å². The summed E-state index contributed by atoms with van der Waals surface area (Å²) in [6.45, 7) is 4.53. The minimum Gasteiger partial charge on any atom is -0.389 e. The Morgan fingerprint density at radius 2 is 1.95 bits per heavy atom. The molecule has 2 rings (SSSR count). The maximum atomic E-state index is 11.3. The summed E-state index contributed by atoms with van der Waals surface area (Å²) in [5.41, 5.74) is 7.52. The van der Waals surface area contributed by atoms with E-state index in [1.54, 1.807) is 13.0 Å². The molecule has 6 heteroatoms. The molecule has 1 aliphatic rings. The summed E-state index contributed by atoms with van der Waals surface area (Å²) in [4.78, 5) is 15.7. The molecule has 1 aromatic carbocycles. The molecule has 1 heterocycles. The Hall–Kier alpha value is -1.33. The second-order valence-electron chi connectivity index (χ2n) is 4.52. The quantitative estimate of drug-likeness (QED) is 0.843. The van der Waals surface area contributed by atoms with E-state index in [1.165, 1.54) is 0 Å². The summed E-state index contributed by atoms with van der Waals surface area (Å²) < 4.78 is 0. The van der Waals surface area contributed by atoms with Crippen LogP contribution in [-0.4, -0.2) is 42.0 Å². The van der Waals surface area contributed by atoms with Crippen molar-refractivity contribution in [1.82, 2.24) is 4.90 Å². The molecule has 0 bridgehead atoms. The van der Waals surface area contributed by atoms with Gasteiger partial charge in [0.25, 0.3) is 0 Å². The maximum Gasteiger partial charge on any atom is 0.219 e. The van der Waals surface area contributed by atoms with Crippen LogP contribution in [0.2, 0.25) is 5.02 Å². The van der Waals surface area contributed by atoms with Crippen molar-refractivity contribution in [1.29, 1.82) is 0 Å². The number of benzene rings is 1. The van der Waals surface area contributed by atoms with E-state index >= 15 is 0 Å². The zero-order valence-electron chi connectivity index (χ0n) is 10.7. The molecule has 0 spiro atoms. The monoisotopic (exact) mass is 297 g/mol. The molecule has 0 saturated carbocycles. The van der Waals surface area contributed by atoms with Crippen molar-refractivity contribution in [3.05, 3.63) is 28.8 Å². The molecule has 102 valence electrons. The number of carbonyl (C=O) groups is 1. The predicted molar refractivity (Wildman–Crippen MR) is 81.8 cm³/mol. The first-order valence-corrected chi connectivity index (χ1v) is 6.87. The van der Waals surface area contributed by atoms with Crippen LogP contribution in [0, 0.1) is 0 Å². The van der Waals surface area contributed by atoms with Gasteiger partial charge in [-0.2, -0.15) is 0 Å². The van der Waals surface area contributed by atoms with E-state index < -0.39 is 0 Å². The van der Waals surface area contributed by atoms with Gasteiger partial charge in [0.05, 0.1) is 0 Å². The third kappa shape index (κ3) is 3.16. The Kier molecular flexibility index (Phi) is 4.27. The molecule has 0 radical (unpaired) electrons. The zero-order valence-corrected chi connectivity index (χ0v) is 12.3. The lowest BCUT2D eigenvalue weighted by Gasteiger charge is -2.36. The van der Waals surface area contributed by atoms with E-state index in [9.17, 15) is 4.79 Å². The van der Waals surface area contributed by atoms with Crippen LogP contribution >= 0.6 is 23.8 Å². The standard InChI is InChI=1S/C13H16ClN3OS/c1-9(18)16-4-6-17(7-5-16)12-8-10(14)2-3-11(12)13(15)19/h2-3,8H,4-7H2,1H3,(H2,15,19). The number of rotatable bonds is 2. The molecule has 1 saturated heterocycles. The highest BCUT2D eigenvalue weighted by molar-refractivity contribution is 7.80. The van der Waals surface area contributed by atoms with Crippen molar-refractivity contribution in [3.8, 4) is 0 Å². The fourth-order valence-electron chi connectivity index (χ4n) is 2.24. The number of hydrogen-bond donors (Lipinski definition) is 1. The van der Waals surface area contributed by atoms with Crippen molar-refractivity contribution in [2.75, 3.05) is 31.1 Å². The number of halogens is 1. The van der Waals surface area contributed by atoms with Crippen molar-refractivity contribution in [2.45, 2.75) is 6.92 Å². The summed E-state index contributed by atoms with van der Waals surface area (Å²) in [7, 11) is 0. The van der Waals surface area contributed by atoms with E-state index in [0.29, 0.717) is 23.1 Å². The van der Waals surface area contributed by atoms with Crippen molar-refractivity contribution in [2.24, 2.45) is 5.73 Å². The normalized spacial score (nSPS) is 15.5. The number of nitrogens with two attached hydrogens (primary N) is 1. The molecular formula is C13H16ClN3OS. The highest BCUT2D eigenvalue weighted by Gasteiger charge is 2.21. The second-order valence-corrected chi connectivity index (χ2v) is 5.40. The fourth-order valence-corrected chi connectivity index (χ4v) is 2.58. The van der Waals surface area contributed by atoms with Gasteiger partial charge in [-0.25, -0.2) is 0 Å². The Morgan fingerprint density at radius 3 is 2.47 bits per heavy atom. The lowest BCUT2D eigenvalue weighted by molar-refractivity contribution is -0.129. The van der Waals surface area contributed by atoms with Crippen LogP contribution in [0.25, 0.3) is 0 Å². The van der Waals surface area contributed by atoms with Gasteiger partial charge in [-0.1, -0.05) is 23.8 Å². The molecule has 1 fully saturated rings. The maximum absolute atomic E-state index is 11.3. The first-order valence-electron chi connectivity index (χ1n) is 6.09. The molecule has 1 aromatic rings. The SMILES string of the molecule is CC(=O)N1CCN(c2cc(Cl)ccc2C(N)=S)CC1. The van der Waals surface area contributed by atoms with E-state index in [1.807, 2.05) is 17.0 Å². The molecule has 1 amide bonds. The van der Waals surface area contributed by atoms with Gasteiger partial charge in [-0.15, -0.1) is 0 Å². The van der Waals surface area contributed by atoms with Gasteiger partial charge in [-0.05, 0) is 18.2 Å². The molecule has 1 aliphatic heterocycles. The first-order chi connectivity index (χ1) is 8.99. The molecule has 0 aliphatic carbocycles. The summed E-state index contributed by atoms with van der Waals surface area (Å²) in [6.07, 6.45) is 0. The van der Waals surface area contributed by atoms with E-state index in [-0.39, 0.29) is 5.91 Å². The van der Waals surface area contributed by atoms with Crippen LogP contribution in [0.5, 0.6) is 0 Å². The number of amides is 1. The van der Waals surface area contributed by atoms with E-state index in [2.05, 4.69) is 4.90 Å². The molecular weight excluding hydrogens is 282 g/mol.